The molecular weight excluding hydrogens is 485 g/mol. The second kappa shape index (κ2) is 12.2. The first kappa shape index (κ1) is 24.5. The van der Waals surface area contributed by atoms with Gasteiger partial charge in [0.2, 0.25) is 0 Å². The van der Waals surface area contributed by atoms with Gasteiger partial charge in [0.15, 0.2) is 11.5 Å². The smallest absolute Gasteiger partial charge is 0.175 e. The Kier molecular flexibility index (Phi) is 9.99. The van der Waals surface area contributed by atoms with E-state index in [1.807, 2.05) is 43.3 Å². The van der Waals surface area contributed by atoms with E-state index in [-0.39, 0.29) is 18.4 Å². The molecule has 0 heterocycles. The normalized spacial score (nSPS) is 11.5. The minimum Gasteiger partial charge on any atom is -0.490 e. The quantitative estimate of drug-likeness (QED) is 0.326. The number of nitrogens with one attached hydrogen (secondary N) is 1. The number of ether oxygens (including phenoxy) is 2. The lowest BCUT2D eigenvalue weighted by molar-refractivity contribution is 0.267. The minimum absolute atomic E-state index is 0. The van der Waals surface area contributed by atoms with E-state index >= 15 is 0 Å². The van der Waals surface area contributed by atoms with Crippen LogP contribution in [0, 0.1) is 0 Å². The Balaban J connectivity index is 0.00000320. The van der Waals surface area contributed by atoms with Gasteiger partial charge in [-0.05, 0) is 59.1 Å². The van der Waals surface area contributed by atoms with E-state index in [9.17, 15) is 0 Å². The highest BCUT2D eigenvalue weighted by atomic mass is 79.9. The van der Waals surface area contributed by atoms with Gasteiger partial charge in [0.25, 0.3) is 0 Å². The number of benzene rings is 3. The van der Waals surface area contributed by atoms with Crippen molar-refractivity contribution in [2.24, 2.45) is 0 Å². The summed E-state index contributed by atoms with van der Waals surface area (Å²) < 4.78 is 12.8. The Morgan fingerprint density at radius 3 is 2.40 bits per heavy atom. The van der Waals surface area contributed by atoms with Crippen molar-refractivity contribution in [1.82, 2.24) is 5.32 Å². The third-order valence-corrected chi connectivity index (χ3v) is 5.57. The molecule has 0 aliphatic heterocycles. The third-order valence-electron chi connectivity index (χ3n) is 4.61. The van der Waals surface area contributed by atoms with Crippen LogP contribution in [0.4, 0.5) is 0 Å². The van der Waals surface area contributed by atoms with Crippen molar-refractivity contribution >= 4 is 39.9 Å². The van der Waals surface area contributed by atoms with Gasteiger partial charge in [-0.1, -0.05) is 60.1 Å². The first-order chi connectivity index (χ1) is 14.1. The molecule has 0 aromatic heterocycles. The van der Waals surface area contributed by atoms with Gasteiger partial charge in [-0.3, -0.25) is 0 Å². The molecule has 0 bridgehead atoms. The number of halogens is 3. The molecule has 30 heavy (non-hydrogen) atoms. The maximum absolute atomic E-state index is 6.25. The summed E-state index contributed by atoms with van der Waals surface area (Å²) >= 11 is 9.89. The van der Waals surface area contributed by atoms with Gasteiger partial charge in [0.1, 0.15) is 6.61 Å². The molecule has 3 nitrogen and oxygen atoms in total. The molecule has 1 atom stereocenters. The van der Waals surface area contributed by atoms with Gasteiger partial charge in [0, 0.05) is 23.2 Å². The fraction of sp³-hybridized carbons (Fsp3) is 0.250. The van der Waals surface area contributed by atoms with Gasteiger partial charge >= 0.3 is 0 Å². The van der Waals surface area contributed by atoms with Crippen LogP contribution in [-0.2, 0) is 13.2 Å². The zero-order chi connectivity index (χ0) is 20.6. The Morgan fingerprint density at radius 2 is 1.70 bits per heavy atom. The molecule has 3 aromatic carbocycles. The molecule has 0 saturated carbocycles. The van der Waals surface area contributed by atoms with E-state index in [4.69, 9.17) is 21.1 Å². The lowest BCUT2D eigenvalue weighted by atomic mass is 10.1. The van der Waals surface area contributed by atoms with Gasteiger partial charge in [-0.15, -0.1) is 12.4 Å². The molecule has 0 aliphatic rings. The molecule has 160 valence electrons. The van der Waals surface area contributed by atoms with E-state index < -0.39 is 0 Å². The average molecular weight is 511 g/mol. The number of hydrogen-bond acceptors (Lipinski definition) is 3. The molecule has 0 fully saturated rings. The molecular formula is C24H26BrCl2NO2. The molecule has 6 heteroatoms. The lowest BCUT2D eigenvalue weighted by Crippen LogP contribution is -2.18. The summed E-state index contributed by atoms with van der Waals surface area (Å²) in [5, 5.41) is 4.25. The Hall–Kier alpha value is -1.72. The van der Waals surface area contributed by atoms with Gasteiger partial charge in [0.05, 0.1) is 11.1 Å². The van der Waals surface area contributed by atoms with Crippen LogP contribution in [-0.4, -0.2) is 6.61 Å². The maximum Gasteiger partial charge on any atom is 0.175 e. The lowest BCUT2D eigenvalue weighted by Gasteiger charge is -2.18. The fourth-order valence-electron chi connectivity index (χ4n) is 3.02. The molecule has 0 amide bonds. The van der Waals surface area contributed by atoms with Crippen molar-refractivity contribution < 1.29 is 9.47 Å². The minimum atomic E-state index is 0. The zero-order valence-corrected chi connectivity index (χ0v) is 20.2. The van der Waals surface area contributed by atoms with Crippen LogP contribution in [0.2, 0.25) is 5.02 Å². The molecule has 1 N–H and O–H groups in total. The van der Waals surface area contributed by atoms with Crippen LogP contribution >= 0.6 is 39.9 Å². The topological polar surface area (TPSA) is 30.5 Å². The number of hydrogen-bond donors (Lipinski definition) is 1. The summed E-state index contributed by atoms with van der Waals surface area (Å²) in [6, 6.07) is 22.4. The summed E-state index contributed by atoms with van der Waals surface area (Å²) in [6.07, 6.45) is 0. The summed E-state index contributed by atoms with van der Waals surface area (Å²) in [7, 11) is 0. The number of rotatable bonds is 9. The van der Waals surface area contributed by atoms with Crippen molar-refractivity contribution in [3.8, 4) is 11.5 Å². The van der Waals surface area contributed by atoms with Crippen molar-refractivity contribution in [1.29, 1.82) is 0 Å². The third kappa shape index (κ3) is 6.64. The van der Waals surface area contributed by atoms with Crippen LogP contribution in [0.15, 0.2) is 71.2 Å². The molecule has 3 aromatic rings. The van der Waals surface area contributed by atoms with Crippen molar-refractivity contribution in [2.45, 2.75) is 33.0 Å². The molecule has 1 unspecified atom stereocenters. The second-order valence-corrected chi connectivity index (χ2v) is 7.99. The molecule has 0 aliphatic carbocycles. The largest absolute Gasteiger partial charge is 0.490 e. The van der Waals surface area contributed by atoms with Crippen LogP contribution in [0.3, 0.4) is 0 Å². The SMILES string of the molecule is CCOc1cc(CNC(C)c2ccccc2)cc(Br)c1OCc1ccccc1Cl.Cl. The van der Waals surface area contributed by atoms with E-state index in [2.05, 4.69) is 58.5 Å². The van der Waals surface area contributed by atoms with Crippen molar-refractivity contribution in [3.05, 3.63) is 92.9 Å². The van der Waals surface area contributed by atoms with E-state index in [1.165, 1.54) is 5.56 Å². The van der Waals surface area contributed by atoms with Crippen LogP contribution in [0.25, 0.3) is 0 Å². The Bertz CT molecular complexity index is 938. The van der Waals surface area contributed by atoms with Gasteiger partial charge in [-0.2, -0.15) is 0 Å². The van der Waals surface area contributed by atoms with Gasteiger partial charge < -0.3 is 14.8 Å². The zero-order valence-electron chi connectivity index (χ0n) is 17.0. The van der Waals surface area contributed by atoms with E-state index in [0.29, 0.717) is 24.0 Å². The van der Waals surface area contributed by atoms with E-state index in [0.717, 1.165) is 27.9 Å². The van der Waals surface area contributed by atoms with Crippen LogP contribution in [0.5, 0.6) is 11.5 Å². The Labute approximate surface area is 198 Å². The monoisotopic (exact) mass is 509 g/mol. The van der Waals surface area contributed by atoms with Crippen molar-refractivity contribution in [2.75, 3.05) is 6.61 Å². The maximum atomic E-state index is 6.25. The van der Waals surface area contributed by atoms with Crippen LogP contribution < -0.4 is 14.8 Å². The second-order valence-electron chi connectivity index (χ2n) is 6.73. The fourth-order valence-corrected chi connectivity index (χ4v) is 3.82. The first-order valence-electron chi connectivity index (χ1n) is 9.68. The van der Waals surface area contributed by atoms with E-state index in [1.54, 1.807) is 0 Å². The van der Waals surface area contributed by atoms with Gasteiger partial charge in [-0.25, -0.2) is 0 Å². The summed E-state index contributed by atoms with van der Waals surface area (Å²) in [5.41, 5.74) is 3.32. The predicted molar refractivity (Wildman–Crippen MR) is 130 cm³/mol. The molecule has 0 radical (unpaired) electrons. The predicted octanol–water partition coefficient (Wildman–Crippen LogP) is 7.35. The molecule has 3 rings (SSSR count). The standard InChI is InChI=1S/C24H25BrClNO2.ClH/c1-3-28-23-14-18(15-27-17(2)19-9-5-4-6-10-19)13-21(25)24(23)29-16-20-11-7-8-12-22(20)26;/h4-14,17,27H,3,15-16H2,1-2H3;1H. The average Bonchev–Trinajstić information content (AvgIpc) is 2.73. The van der Waals surface area contributed by atoms with Crippen LogP contribution in [0.1, 0.15) is 36.6 Å². The summed E-state index contributed by atoms with van der Waals surface area (Å²) in [6.45, 7) is 5.79. The first-order valence-corrected chi connectivity index (χ1v) is 10.8. The Morgan fingerprint density at radius 1 is 1.00 bits per heavy atom. The summed E-state index contributed by atoms with van der Waals surface area (Å²) in [5.74, 6) is 1.41. The highest BCUT2D eigenvalue weighted by molar-refractivity contribution is 9.10. The summed E-state index contributed by atoms with van der Waals surface area (Å²) in [4.78, 5) is 0. The highest BCUT2D eigenvalue weighted by Crippen LogP contribution is 2.38. The van der Waals surface area contributed by atoms with Crippen molar-refractivity contribution in [3.63, 3.8) is 0 Å². The molecule has 0 spiro atoms. The molecule has 0 saturated heterocycles. The highest BCUT2D eigenvalue weighted by Gasteiger charge is 2.14.